The van der Waals surface area contributed by atoms with E-state index in [1.807, 2.05) is 26.0 Å². The van der Waals surface area contributed by atoms with Gasteiger partial charge >= 0.3 is 5.97 Å². The molecule has 8 nitrogen and oxygen atoms in total. The third kappa shape index (κ3) is 6.24. The lowest BCUT2D eigenvalue weighted by Crippen LogP contribution is -2.46. The maximum absolute atomic E-state index is 14.2. The molecule has 1 aliphatic heterocycles. The molecule has 0 radical (unpaired) electrons. The number of aryl methyl sites for hydroxylation is 3. The van der Waals surface area contributed by atoms with Crippen LogP contribution in [0.2, 0.25) is 5.02 Å². The van der Waals surface area contributed by atoms with Gasteiger partial charge in [-0.05, 0) is 94.5 Å². The second-order valence-electron chi connectivity index (χ2n) is 12.7. The molecule has 5 aromatic rings. The molecule has 2 aromatic carbocycles. The minimum absolute atomic E-state index is 0.0345. The third-order valence-electron chi connectivity index (χ3n) is 9.63. The molecular weight excluding hydrogens is 651 g/mol. The Balaban J connectivity index is 1.13. The molecule has 1 N–H and O–H groups in total. The number of piperidine rings is 1. The Morgan fingerprint density at radius 2 is 1.96 bits per heavy atom. The maximum Gasteiger partial charge on any atom is 0.338 e. The molecule has 7 rings (SSSR count). The summed E-state index contributed by atoms with van der Waals surface area (Å²) in [5.74, 6) is -0.0210. The van der Waals surface area contributed by atoms with Gasteiger partial charge in [-0.25, -0.2) is 14.2 Å². The Kier molecular flexibility index (Phi) is 9.06. The Bertz CT molecular complexity index is 2100. The summed E-state index contributed by atoms with van der Waals surface area (Å²) in [5.41, 5.74) is 5.38. The quantitative estimate of drug-likeness (QED) is 0.178. The summed E-state index contributed by atoms with van der Waals surface area (Å²) in [7, 11) is 0. The number of carboxylic acids is 1. The van der Waals surface area contributed by atoms with Crippen LogP contribution in [0.5, 0.6) is 5.75 Å². The highest BCUT2D eigenvalue weighted by molar-refractivity contribution is 7.18. The average Bonchev–Trinajstić information content (AvgIpc) is 3.50. The zero-order chi connectivity index (χ0) is 33.5. The summed E-state index contributed by atoms with van der Waals surface area (Å²) in [4.78, 5) is 37.7. The molecule has 0 amide bonds. The van der Waals surface area contributed by atoms with Gasteiger partial charge in [-0.2, -0.15) is 0 Å². The molecule has 1 saturated heterocycles. The van der Waals surface area contributed by atoms with Crippen LogP contribution < -0.4 is 10.3 Å². The van der Waals surface area contributed by atoms with Crippen LogP contribution in [0.1, 0.15) is 70.4 Å². The van der Waals surface area contributed by atoms with Gasteiger partial charge < -0.3 is 9.84 Å². The van der Waals surface area contributed by atoms with E-state index in [4.69, 9.17) is 21.3 Å². The monoisotopic (exact) mass is 686 g/mol. The number of nitrogens with zero attached hydrogens (tertiary/aromatic N) is 4. The largest absolute Gasteiger partial charge is 0.491 e. The zero-order valence-corrected chi connectivity index (χ0v) is 28.4. The van der Waals surface area contributed by atoms with Gasteiger partial charge in [0, 0.05) is 44.9 Å². The fraction of sp³-hybridized carbons (Fsp3) is 0.351. The fourth-order valence-corrected chi connectivity index (χ4v) is 8.58. The highest BCUT2D eigenvalue weighted by Gasteiger charge is 2.34. The molecule has 2 aliphatic rings. The summed E-state index contributed by atoms with van der Waals surface area (Å²) in [6.07, 6.45) is 5.44. The van der Waals surface area contributed by atoms with Crippen molar-refractivity contribution in [2.24, 2.45) is 0 Å². The molecule has 248 valence electrons. The van der Waals surface area contributed by atoms with E-state index in [9.17, 15) is 19.1 Å². The molecule has 0 bridgehead atoms. The van der Waals surface area contributed by atoms with Crippen molar-refractivity contribution in [2.75, 3.05) is 13.2 Å². The van der Waals surface area contributed by atoms with Crippen molar-refractivity contribution in [1.82, 2.24) is 19.4 Å². The lowest BCUT2D eigenvalue weighted by atomic mass is 9.86. The van der Waals surface area contributed by atoms with E-state index < -0.39 is 5.97 Å². The van der Waals surface area contributed by atoms with Gasteiger partial charge in [0.25, 0.3) is 5.56 Å². The summed E-state index contributed by atoms with van der Waals surface area (Å²) in [6, 6.07) is 14.5. The van der Waals surface area contributed by atoms with E-state index in [1.54, 1.807) is 40.3 Å². The van der Waals surface area contributed by atoms with Crippen molar-refractivity contribution in [3.8, 4) is 16.9 Å². The number of thiophene rings is 1. The minimum atomic E-state index is -1.03. The molecule has 0 saturated carbocycles. The van der Waals surface area contributed by atoms with E-state index in [0.717, 1.165) is 71.3 Å². The Morgan fingerprint density at radius 3 is 2.77 bits per heavy atom. The van der Waals surface area contributed by atoms with Gasteiger partial charge in [-0.3, -0.25) is 19.2 Å². The number of likely N-dealkylation sites (tertiary alicyclic amines) is 1. The van der Waals surface area contributed by atoms with Crippen molar-refractivity contribution < 1.29 is 19.0 Å². The smallest absolute Gasteiger partial charge is 0.338 e. The van der Waals surface area contributed by atoms with Gasteiger partial charge in [0.1, 0.15) is 24.0 Å². The fourth-order valence-electron chi connectivity index (χ4n) is 7.39. The lowest BCUT2D eigenvalue weighted by Gasteiger charge is -2.43. The van der Waals surface area contributed by atoms with Crippen LogP contribution in [0.15, 0.2) is 58.7 Å². The lowest BCUT2D eigenvalue weighted by molar-refractivity contribution is 0.0699. The van der Waals surface area contributed by atoms with Crippen LogP contribution in [0.3, 0.4) is 0 Å². The SMILES string of the molecule is Cc1cc(-c2cc(Cl)ccc2OCCn2c(C)nc3c(c2=O)C[C@@H](N2CCCC[C@H]2c2cccc(F)c2)CC3)c2scc(C(=O)O)c2n1. The van der Waals surface area contributed by atoms with Crippen molar-refractivity contribution in [1.29, 1.82) is 0 Å². The second kappa shape index (κ2) is 13.4. The molecule has 3 aromatic heterocycles. The van der Waals surface area contributed by atoms with Crippen molar-refractivity contribution in [2.45, 2.75) is 71.0 Å². The first-order chi connectivity index (χ1) is 23.2. The minimum Gasteiger partial charge on any atom is -0.491 e. The van der Waals surface area contributed by atoms with E-state index in [2.05, 4.69) is 9.88 Å². The Hall–Kier alpha value is -4.12. The highest BCUT2D eigenvalue weighted by atomic mass is 35.5. The number of aromatic carboxylic acids is 1. The van der Waals surface area contributed by atoms with E-state index >= 15 is 0 Å². The second-order valence-corrected chi connectivity index (χ2v) is 14.0. The summed E-state index contributed by atoms with van der Waals surface area (Å²) >= 11 is 7.75. The number of carboxylic acid groups (broad SMARTS) is 1. The van der Waals surface area contributed by atoms with Gasteiger partial charge in [0.15, 0.2) is 0 Å². The maximum atomic E-state index is 14.2. The third-order valence-corrected chi connectivity index (χ3v) is 10.9. The van der Waals surface area contributed by atoms with Crippen molar-refractivity contribution in [3.63, 3.8) is 0 Å². The summed E-state index contributed by atoms with van der Waals surface area (Å²) in [5, 5.41) is 11.8. The molecule has 1 fully saturated rings. The number of rotatable bonds is 8. The molecule has 11 heteroatoms. The van der Waals surface area contributed by atoms with Crippen molar-refractivity contribution in [3.05, 3.63) is 109 Å². The summed E-state index contributed by atoms with van der Waals surface area (Å²) in [6.45, 7) is 5.14. The first kappa shape index (κ1) is 32.4. The average molecular weight is 687 g/mol. The highest BCUT2D eigenvalue weighted by Crippen LogP contribution is 2.40. The van der Waals surface area contributed by atoms with Gasteiger partial charge in [-0.1, -0.05) is 30.2 Å². The van der Waals surface area contributed by atoms with E-state index in [1.165, 1.54) is 17.4 Å². The normalized spacial score (nSPS) is 18.2. The standard InChI is InChI=1S/C37H36ClFN4O4S/c1-21-16-28(35-34(40-21)30(20-48-35)37(45)46)27-18-24(38)9-12-33(27)47-15-14-42-22(2)41-31-11-10-26(19-29(31)36(42)44)43-13-4-3-8-32(43)23-6-5-7-25(39)17-23/h5-7,9,12,16-18,20,26,32H,3-4,8,10-11,13-15,19H2,1-2H3,(H,45,46)/t26-,32-/m0/s1. The number of pyridine rings is 1. The molecule has 0 unspecified atom stereocenters. The number of aromatic nitrogens is 3. The number of halogens is 2. The summed E-state index contributed by atoms with van der Waals surface area (Å²) < 4.78 is 22.9. The molecule has 1 aliphatic carbocycles. The number of benzene rings is 2. The van der Waals surface area contributed by atoms with Crippen LogP contribution in [0.4, 0.5) is 4.39 Å². The molecular formula is C37H36ClFN4O4S. The predicted molar refractivity (Wildman–Crippen MR) is 186 cm³/mol. The topological polar surface area (TPSA) is 97.6 Å². The van der Waals surface area contributed by atoms with Gasteiger partial charge in [-0.15, -0.1) is 11.3 Å². The Morgan fingerprint density at radius 1 is 1.10 bits per heavy atom. The zero-order valence-electron chi connectivity index (χ0n) is 26.8. The van der Waals surface area contributed by atoms with Gasteiger partial charge in [0.05, 0.1) is 28.0 Å². The number of carbonyl (C=O) groups is 1. The van der Waals surface area contributed by atoms with E-state index in [-0.39, 0.29) is 35.6 Å². The van der Waals surface area contributed by atoms with Crippen LogP contribution in [0, 0.1) is 19.7 Å². The van der Waals surface area contributed by atoms with Gasteiger partial charge in [0.2, 0.25) is 0 Å². The predicted octanol–water partition coefficient (Wildman–Crippen LogP) is 7.79. The van der Waals surface area contributed by atoms with Crippen LogP contribution in [-0.4, -0.2) is 49.7 Å². The molecule has 4 heterocycles. The van der Waals surface area contributed by atoms with Crippen LogP contribution in [-0.2, 0) is 19.4 Å². The molecule has 0 spiro atoms. The van der Waals surface area contributed by atoms with Crippen LogP contribution in [0.25, 0.3) is 21.3 Å². The number of hydrogen-bond donors (Lipinski definition) is 1. The first-order valence-corrected chi connectivity index (χ1v) is 17.6. The van der Waals surface area contributed by atoms with Crippen LogP contribution >= 0.6 is 22.9 Å². The number of fused-ring (bicyclic) bond motifs is 2. The van der Waals surface area contributed by atoms with Crippen molar-refractivity contribution >= 4 is 39.1 Å². The molecule has 2 atom stereocenters. The number of ether oxygens (including phenoxy) is 1. The van der Waals surface area contributed by atoms with E-state index in [0.29, 0.717) is 40.8 Å². The Labute approximate surface area is 286 Å². The number of hydrogen-bond acceptors (Lipinski definition) is 7. The first-order valence-electron chi connectivity index (χ1n) is 16.3. The molecule has 48 heavy (non-hydrogen) atoms.